The summed E-state index contributed by atoms with van der Waals surface area (Å²) < 4.78 is 31.8. The van der Waals surface area contributed by atoms with E-state index >= 15 is 0 Å². The Morgan fingerprint density at radius 2 is 1.57 bits per heavy atom. The molecule has 8 rings (SSSR count). The summed E-state index contributed by atoms with van der Waals surface area (Å²) in [5.74, 6) is -0.765. The molecule has 54 heavy (non-hydrogen) atoms. The number of rotatable bonds is 10. The highest BCUT2D eigenvalue weighted by Crippen LogP contribution is 2.37. The zero-order valence-electron chi connectivity index (χ0n) is 29.6. The number of amides is 4. The minimum absolute atomic E-state index is 0.00668. The summed E-state index contributed by atoms with van der Waals surface area (Å²) in [6.07, 6.45) is 2.75. The number of imide groups is 2. The summed E-state index contributed by atoms with van der Waals surface area (Å²) >= 11 is 0. The normalized spacial score (nSPS) is 19.6. The zero-order valence-corrected chi connectivity index (χ0v) is 29.6. The standard InChI is InChI=1S/C40H35FN6O7/c1-21-45-46-37(52-21)35-33(16-24(41)20-42-35)54-28-11-6-23(7-12-28)40(2,3)22-4-9-27(10-5-22)53-29-17-26(18-29)43-25-8-13-30-31(19-25)39(51)47(38(30)50)32-14-15-34(48)44-36(32)49/h4-13,16,19-20,26,29,32,43H,14-15,17-18H2,1-3H3,(H,44,48,49)/t26-,29-,32?. The van der Waals surface area contributed by atoms with Crippen molar-refractivity contribution in [1.29, 1.82) is 0 Å². The summed E-state index contributed by atoms with van der Waals surface area (Å²) in [7, 11) is 0. The molecule has 274 valence electrons. The van der Waals surface area contributed by atoms with Gasteiger partial charge in [-0.15, -0.1) is 10.2 Å². The Bertz CT molecular complexity index is 2300. The van der Waals surface area contributed by atoms with Crippen LogP contribution in [0.2, 0.25) is 0 Å². The van der Waals surface area contributed by atoms with Crippen LogP contribution in [-0.4, -0.2) is 61.9 Å². The number of carbonyl (C=O) groups is 4. The first kappa shape index (κ1) is 34.6. The van der Waals surface area contributed by atoms with Crippen molar-refractivity contribution in [2.45, 2.75) is 70.1 Å². The molecule has 0 bridgehead atoms. The maximum Gasteiger partial charge on any atom is 0.270 e. The van der Waals surface area contributed by atoms with Gasteiger partial charge < -0.3 is 19.2 Å². The Morgan fingerprint density at radius 1 is 0.889 bits per heavy atom. The second kappa shape index (κ2) is 13.5. The number of anilines is 1. The van der Waals surface area contributed by atoms with Crippen molar-refractivity contribution >= 4 is 29.3 Å². The Kier molecular flexibility index (Phi) is 8.67. The van der Waals surface area contributed by atoms with Crippen LogP contribution in [0.25, 0.3) is 11.6 Å². The topological polar surface area (TPSA) is 166 Å². The van der Waals surface area contributed by atoms with Gasteiger partial charge >= 0.3 is 0 Å². The second-order valence-corrected chi connectivity index (χ2v) is 14.2. The zero-order chi connectivity index (χ0) is 37.7. The number of aromatic nitrogens is 3. The molecule has 1 aliphatic carbocycles. The van der Waals surface area contributed by atoms with Crippen LogP contribution in [0.3, 0.4) is 0 Å². The van der Waals surface area contributed by atoms with Crippen LogP contribution in [0, 0.1) is 12.7 Å². The Morgan fingerprint density at radius 3 is 2.24 bits per heavy atom. The molecule has 14 heteroatoms. The smallest absolute Gasteiger partial charge is 0.270 e. The number of nitrogens with zero attached hydrogens (tertiary/aromatic N) is 4. The lowest BCUT2D eigenvalue weighted by Gasteiger charge is -2.36. The molecule has 0 spiro atoms. The van der Waals surface area contributed by atoms with Gasteiger partial charge in [-0.25, -0.2) is 9.37 Å². The van der Waals surface area contributed by atoms with E-state index < -0.39 is 35.5 Å². The van der Waals surface area contributed by atoms with Crippen LogP contribution in [0.1, 0.15) is 77.3 Å². The average molecular weight is 731 g/mol. The third kappa shape index (κ3) is 6.55. The van der Waals surface area contributed by atoms with Gasteiger partial charge in [0.2, 0.25) is 17.7 Å². The van der Waals surface area contributed by atoms with Crippen LogP contribution < -0.4 is 20.1 Å². The molecule has 0 radical (unpaired) electrons. The van der Waals surface area contributed by atoms with Gasteiger partial charge in [0.05, 0.1) is 17.3 Å². The molecule has 4 amide bonds. The molecule has 2 N–H and O–H groups in total. The van der Waals surface area contributed by atoms with Gasteiger partial charge in [0.25, 0.3) is 17.7 Å². The number of fused-ring (bicyclic) bond motifs is 1. The fourth-order valence-electron chi connectivity index (χ4n) is 7.00. The van der Waals surface area contributed by atoms with E-state index in [9.17, 15) is 23.6 Å². The van der Waals surface area contributed by atoms with Gasteiger partial charge in [0.15, 0.2) is 11.4 Å². The van der Waals surface area contributed by atoms with Gasteiger partial charge in [-0.3, -0.25) is 29.4 Å². The van der Waals surface area contributed by atoms with Crippen LogP contribution in [0.15, 0.2) is 83.4 Å². The minimum atomic E-state index is -1.00. The van der Waals surface area contributed by atoms with Crippen LogP contribution in [0.4, 0.5) is 10.1 Å². The Balaban J connectivity index is 0.854. The molecule has 4 heterocycles. The highest BCUT2D eigenvalue weighted by atomic mass is 19.1. The summed E-state index contributed by atoms with van der Waals surface area (Å²) in [6.45, 7) is 5.91. The predicted molar refractivity (Wildman–Crippen MR) is 191 cm³/mol. The fraction of sp³-hybridized carbons (Fsp3) is 0.275. The molecule has 1 unspecified atom stereocenters. The largest absolute Gasteiger partial charge is 0.490 e. The number of halogens is 1. The van der Waals surface area contributed by atoms with E-state index in [2.05, 4.69) is 39.7 Å². The third-order valence-corrected chi connectivity index (χ3v) is 10.1. The van der Waals surface area contributed by atoms with Crippen molar-refractivity contribution in [2.75, 3.05) is 5.32 Å². The number of hydrogen-bond acceptors (Lipinski definition) is 11. The van der Waals surface area contributed by atoms with Crippen LogP contribution in [0.5, 0.6) is 17.2 Å². The molecule has 13 nitrogen and oxygen atoms in total. The molecule has 3 aromatic carbocycles. The number of ether oxygens (including phenoxy) is 2. The van der Waals surface area contributed by atoms with Crippen molar-refractivity contribution in [3.8, 4) is 28.8 Å². The molecule has 2 aromatic heterocycles. The van der Waals surface area contributed by atoms with E-state index in [1.165, 1.54) is 6.07 Å². The molecule has 1 atom stereocenters. The summed E-state index contributed by atoms with van der Waals surface area (Å²) in [6, 6.07) is 20.9. The lowest BCUT2D eigenvalue weighted by molar-refractivity contribution is -0.136. The predicted octanol–water partition coefficient (Wildman–Crippen LogP) is 6.12. The van der Waals surface area contributed by atoms with E-state index in [0.717, 1.165) is 40.8 Å². The number of piperidine rings is 1. The minimum Gasteiger partial charge on any atom is -0.490 e. The SMILES string of the molecule is Cc1nnc(-c2ncc(F)cc2Oc2ccc(C(C)(C)c3ccc(O[C@H]4C[C@H](Nc5ccc6c(c5)C(=O)N(C5CCC(=O)NC5=O)C6=O)C4)cc3)cc2)o1. The van der Waals surface area contributed by atoms with Crippen molar-refractivity contribution in [2.24, 2.45) is 0 Å². The summed E-state index contributed by atoms with van der Waals surface area (Å²) in [4.78, 5) is 55.2. The maximum absolute atomic E-state index is 14.1. The number of hydrogen-bond donors (Lipinski definition) is 2. The highest BCUT2D eigenvalue weighted by molar-refractivity contribution is 6.23. The van der Waals surface area contributed by atoms with Crippen molar-refractivity contribution in [3.05, 3.63) is 113 Å². The van der Waals surface area contributed by atoms with Gasteiger partial charge in [-0.05, 0) is 60.0 Å². The fourth-order valence-corrected chi connectivity index (χ4v) is 7.00. The van der Waals surface area contributed by atoms with Gasteiger partial charge in [-0.2, -0.15) is 0 Å². The summed E-state index contributed by atoms with van der Waals surface area (Å²) in [5, 5.41) is 13.4. The van der Waals surface area contributed by atoms with Crippen LogP contribution >= 0.6 is 0 Å². The highest BCUT2D eigenvalue weighted by Gasteiger charge is 2.45. The van der Waals surface area contributed by atoms with Gasteiger partial charge in [0, 0.05) is 49.4 Å². The molecular weight excluding hydrogens is 695 g/mol. The lowest BCUT2D eigenvalue weighted by atomic mass is 9.78. The first-order valence-electron chi connectivity index (χ1n) is 17.6. The van der Waals surface area contributed by atoms with Gasteiger partial charge in [0.1, 0.15) is 29.5 Å². The second-order valence-electron chi connectivity index (χ2n) is 14.2. The number of benzene rings is 3. The monoisotopic (exact) mass is 730 g/mol. The summed E-state index contributed by atoms with van der Waals surface area (Å²) in [5.41, 5.74) is 3.20. The molecular formula is C40H35FN6O7. The van der Waals surface area contributed by atoms with E-state index in [0.29, 0.717) is 17.3 Å². The van der Waals surface area contributed by atoms with Crippen molar-refractivity contribution in [1.82, 2.24) is 25.4 Å². The molecule has 1 saturated heterocycles. The van der Waals surface area contributed by atoms with Gasteiger partial charge in [-0.1, -0.05) is 38.1 Å². The first-order valence-corrected chi connectivity index (χ1v) is 17.6. The van der Waals surface area contributed by atoms with Crippen molar-refractivity contribution < 1.29 is 37.5 Å². The Hall–Kier alpha value is -6.44. The molecule has 1 saturated carbocycles. The Labute approximate surface area is 308 Å². The van der Waals surface area contributed by atoms with E-state index in [4.69, 9.17) is 13.9 Å². The quantitative estimate of drug-likeness (QED) is 0.159. The number of pyridine rings is 1. The van der Waals surface area contributed by atoms with Crippen LogP contribution in [-0.2, 0) is 15.0 Å². The van der Waals surface area contributed by atoms with Crippen molar-refractivity contribution in [3.63, 3.8) is 0 Å². The molecule has 5 aromatic rings. The third-order valence-electron chi connectivity index (χ3n) is 10.1. The first-order chi connectivity index (χ1) is 25.9. The average Bonchev–Trinajstić information content (AvgIpc) is 3.67. The lowest BCUT2D eigenvalue weighted by Crippen LogP contribution is -2.54. The number of nitrogens with one attached hydrogen (secondary N) is 2. The molecule has 2 aliphatic heterocycles. The van der Waals surface area contributed by atoms with E-state index in [-0.39, 0.29) is 58.9 Å². The molecule has 2 fully saturated rings. The van der Waals surface area contributed by atoms with E-state index in [1.54, 1.807) is 25.1 Å². The number of aryl methyl sites for hydroxylation is 1. The van der Waals surface area contributed by atoms with E-state index in [1.807, 2.05) is 48.5 Å². The molecule has 3 aliphatic rings. The maximum atomic E-state index is 14.1. The number of carbonyl (C=O) groups excluding carboxylic acids is 4.